The van der Waals surface area contributed by atoms with E-state index in [1.165, 1.54) is 12.7 Å². The number of methoxy groups -OCH3 is 4. The third-order valence-electron chi connectivity index (χ3n) is 4.40. The molecular formula is C20H18N4O5. The van der Waals surface area contributed by atoms with E-state index in [2.05, 4.69) is 19.9 Å². The first-order valence-electron chi connectivity index (χ1n) is 8.59. The molecule has 0 spiro atoms. The van der Waals surface area contributed by atoms with Gasteiger partial charge in [-0.25, -0.2) is 19.9 Å². The molecule has 0 saturated carbocycles. The lowest BCUT2D eigenvalue weighted by molar-refractivity contribution is 0.355. The lowest BCUT2D eigenvalue weighted by Gasteiger charge is -2.13. The quantitative estimate of drug-likeness (QED) is 0.487. The Bertz CT molecular complexity index is 1110. The van der Waals surface area contributed by atoms with Crippen molar-refractivity contribution < 1.29 is 23.7 Å². The second kappa shape index (κ2) is 7.63. The Labute approximate surface area is 166 Å². The van der Waals surface area contributed by atoms with Crippen molar-refractivity contribution >= 4 is 21.8 Å². The molecule has 0 bridgehead atoms. The fourth-order valence-corrected chi connectivity index (χ4v) is 2.97. The van der Waals surface area contributed by atoms with Crippen LogP contribution in [0, 0.1) is 0 Å². The summed E-state index contributed by atoms with van der Waals surface area (Å²) in [4.78, 5) is 17.1. The molecule has 0 radical (unpaired) electrons. The van der Waals surface area contributed by atoms with E-state index in [-0.39, 0.29) is 0 Å². The van der Waals surface area contributed by atoms with Crippen LogP contribution in [0.25, 0.3) is 21.8 Å². The molecule has 9 heteroatoms. The van der Waals surface area contributed by atoms with Crippen LogP contribution >= 0.6 is 0 Å². The van der Waals surface area contributed by atoms with Crippen LogP contribution in [0.3, 0.4) is 0 Å². The van der Waals surface area contributed by atoms with E-state index in [0.29, 0.717) is 56.6 Å². The maximum Gasteiger partial charge on any atom is 0.232 e. The molecule has 148 valence electrons. The Kier molecular flexibility index (Phi) is 4.86. The van der Waals surface area contributed by atoms with E-state index >= 15 is 0 Å². The molecule has 2 aromatic carbocycles. The smallest absolute Gasteiger partial charge is 0.232 e. The van der Waals surface area contributed by atoms with Gasteiger partial charge < -0.3 is 23.7 Å². The van der Waals surface area contributed by atoms with Crippen molar-refractivity contribution in [3.05, 3.63) is 36.9 Å². The van der Waals surface area contributed by atoms with Crippen LogP contribution in [-0.4, -0.2) is 48.4 Å². The molecule has 2 heterocycles. The lowest BCUT2D eigenvalue weighted by Crippen LogP contribution is -1.98. The number of rotatable bonds is 6. The number of fused-ring (bicyclic) bond motifs is 2. The number of aromatic nitrogens is 4. The second-order valence-corrected chi connectivity index (χ2v) is 5.91. The Hall–Kier alpha value is -3.88. The van der Waals surface area contributed by atoms with Crippen molar-refractivity contribution in [1.29, 1.82) is 0 Å². The molecule has 0 aliphatic carbocycles. The van der Waals surface area contributed by atoms with Crippen molar-refractivity contribution in [2.45, 2.75) is 0 Å². The average molecular weight is 394 g/mol. The van der Waals surface area contributed by atoms with Gasteiger partial charge in [-0.15, -0.1) is 0 Å². The second-order valence-electron chi connectivity index (χ2n) is 5.91. The monoisotopic (exact) mass is 394 g/mol. The highest BCUT2D eigenvalue weighted by Crippen LogP contribution is 2.38. The highest BCUT2D eigenvalue weighted by molar-refractivity contribution is 5.89. The van der Waals surface area contributed by atoms with Gasteiger partial charge in [0.15, 0.2) is 23.0 Å². The maximum absolute atomic E-state index is 6.06. The van der Waals surface area contributed by atoms with Crippen LogP contribution in [0.4, 0.5) is 0 Å². The summed E-state index contributed by atoms with van der Waals surface area (Å²) < 4.78 is 27.5. The largest absolute Gasteiger partial charge is 0.493 e. The molecule has 9 nitrogen and oxygen atoms in total. The van der Waals surface area contributed by atoms with Crippen molar-refractivity contribution in [3.8, 4) is 34.8 Å². The normalized spacial score (nSPS) is 10.8. The molecular weight excluding hydrogens is 376 g/mol. The fraction of sp³-hybridized carbons (Fsp3) is 0.200. The third kappa shape index (κ3) is 3.27. The van der Waals surface area contributed by atoms with Crippen LogP contribution in [0.15, 0.2) is 36.9 Å². The Morgan fingerprint density at radius 3 is 1.28 bits per heavy atom. The highest BCUT2D eigenvalue weighted by atomic mass is 16.5. The van der Waals surface area contributed by atoms with E-state index < -0.39 is 0 Å². The molecule has 29 heavy (non-hydrogen) atoms. The number of ether oxygens (including phenoxy) is 5. The van der Waals surface area contributed by atoms with Crippen molar-refractivity contribution in [2.75, 3.05) is 28.4 Å². The molecule has 0 saturated heterocycles. The summed E-state index contributed by atoms with van der Waals surface area (Å²) in [7, 11) is 6.26. The zero-order chi connectivity index (χ0) is 20.4. The SMILES string of the molecule is COc1cc2ncnc(Oc3ncnc4cc(OC)c(OC)cc34)c2cc1OC. The minimum absolute atomic E-state index is 0.325. The van der Waals surface area contributed by atoms with Gasteiger partial charge >= 0.3 is 0 Å². The zero-order valence-corrected chi connectivity index (χ0v) is 16.3. The minimum Gasteiger partial charge on any atom is -0.493 e. The van der Waals surface area contributed by atoms with Gasteiger partial charge in [0.05, 0.1) is 50.2 Å². The van der Waals surface area contributed by atoms with Crippen molar-refractivity contribution in [3.63, 3.8) is 0 Å². The molecule has 0 fully saturated rings. The number of hydrogen-bond donors (Lipinski definition) is 0. The summed E-state index contributed by atoms with van der Waals surface area (Å²) in [6.07, 6.45) is 2.83. The predicted molar refractivity (Wildman–Crippen MR) is 105 cm³/mol. The van der Waals surface area contributed by atoms with Gasteiger partial charge in [-0.05, 0) is 12.1 Å². The minimum atomic E-state index is 0.325. The predicted octanol–water partition coefficient (Wildman–Crippen LogP) is 3.40. The zero-order valence-electron chi connectivity index (χ0n) is 16.3. The van der Waals surface area contributed by atoms with Gasteiger partial charge in [0.1, 0.15) is 12.7 Å². The third-order valence-corrected chi connectivity index (χ3v) is 4.40. The van der Waals surface area contributed by atoms with Crippen LogP contribution in [-0.2, 0) is 0 Å². The molecule has 0 aliphatic heterocycles. The molecule has 0 unspecified atom stereocenters. The van der Waals surface area contributed by atoms with E-state index in [4.69, 9.17) is 23.7 Å². The number of nitrogens with zero attached hydrogens (tertiary/aromatic N) is 4. The van der Waals surface area contributed by atoms with Crippen molar-refractivity contribution in [1.82, 2.24) is 19.9 Å². The molecule has 0 atom stereocenters. The topological polar surface area (TPSA) is 97.7 Å². The lowest BCUT2D eigenvalue weighted by atomic mass is 10.2. The first kappa shape index (κ1) is 18.5. The van der Waals surface area contributed by atoms with Gasteiger partial charge in [0.2, 0.25) is 11.8 Å². The maximum atomic E-state index is 6.06. The summed E-state index contributed by atoms with van der Waals surface area (Å²) >= 11 is 0. The summed E-state index contributed by atoms with van der Waals surface area (Å²) in [6.45, 7) is 0. The molecule has 2 aromatic heterocycles. The Morgan fingerprint density at radius 2 is 0.897 bits per heavy atom. The van der Waals surface area contributed by atoms with E-state index in [1.807, 2.05) is 0 Å². The van der Waals surface area contributed by atoms with Gasteiger partial charge in [-0.3, -0.25) is 0 Å². The molecule has 0 aliphatic rings. The number of hydrogen-bond acceptors (Lipinski definition) is 9. The molecule has 0 N–H and O–H groups in total. The van der Waals surface area contributed by atoms with Gasteiger partial charge in [0, 0.05) is 12.1 Å². The van der Waals surface area contributed by atoms with Crippen LogP contribution < -0.4 is 23.7 Å². The first-order chi connectivity index (χ1) is 14.2. The fourth-order valence-electron chi connectivity index (χ4n) is 2.97. The summed E-state index contributed by atoms with van der Waals surface area (Å²) in [5.74, 6) is 2.86. The highest BCUT2D eigenvalue weighted by Gasteiger charge is 2.16. The molecule has 4 aromatic rings. The van der Waals surface area contributed by atoms with Gasteiger partial charge in [0.25, 0.3) is 0 Å². The first-order valence-corrected chi connectivity index (χ1v) is 8.59. The Balaban J connectivity index is 1.85. The van der Waals surface area contributed by atoms with Crippen molar-refractivity contribution in [2.24, 2.45) is 0 Å². The van der Waals surface area contributed by atoms with Crippen LogP contribution in [0.2, 0.25) is 0 Å². The Morgan fingerprint density at radius 1 is 0.517 bits per heavy atom. The summed E-state index contributed by atoms with van der Waals surface area (Å²) in [5.41, 5.74) is 1.29. The van der Waals surface area contributed by atoms with E-state index in [1.54, 1.807) is 52.7 Å². The number of benzene rings is 2. The standard InChI is InChI=1S/C20H18N4O5/c1-25-15-5-11-13(7-17(15)27-3)21-9-23-19(11)29-20-12-6-16(26-2)18(28-4)8-14(12)22-10-24-20/h5-10H,1-4H3. The molecule has 0 amide bonds. The van der Waals surface area contributed by atoms with Gasteiger partial charge in [-0.1, -0.05) is 0 Å². The summed E-state index contributed by atoms with van der Waals surface area (Å²) in [6, 6.07) is 7.04. The van der Waals surface area contributed by atoms with Gasteiger partial charge in [-0.2, -0.15) is 0 Å². The molecule has 4 rings (SSSR count). The van der Waals surface area contributed by atoms with E-state index in [0.717, 1.165) is 0 Å². The van der Waals surface area contributed by atoms with Crippen LogP contribution in [0.1, 0.15) is 0 Å². The van der Waals surface area contributed by atoms with E-state index in [9.17, 15) is 0 Å². The average Bonchev–Trinajstić information content (AvgIpc) is 2.77. The summed E-state index contributed by atoms with van der Waals surface area (Å²) in [5, 5.41) is 1.30. The van der Waals surface area contributed by atoms with Crippen LogP contribution in [0.5, 0.6) is 34.8 Å².